The minimum absolute atomic E-state index is 0.126. The van der Waals surface area contributed by atoms with E-state index in [0.717, 1.165) is 11.3 Å². The molecule has 0 aliphatic rings. The standard InChI is InChI=1S/C13H16N2/c1-13(2,3)11-5-4-7-15-12(11)10-6-8-14-9-10/h4-9,14H,1-3H3. The minimum atomic E-state index is 0.126. The molecule has 0 aromatic carbocycles. The highest BCUT2D eigenvalue weighted by Gasteiger charge is 2.19. The number of rotatable bonds is 1. The van der Waals surface area contributed by atoms with Gasteiger partial charge in [0.1, 0.15) is 0 Å². The first kappa shape index (κ1) is 9.97. The summed E-state index contributed by atoms with van der Waals surface area (Å²) in [5.41, 5.74) is 3.64. The molecule has 1 N–H and O–H groups in total. The van der Waals surface area contributed by atoms with Gasteiger partial charge in [-0.3, -0.25) is 4.98 Å². The first-order valence-corrected chi connectivity index (χ1v) is 5.18. The van der Waals surface area contributed by atoms with Crippen molar-refractivity contribution in [2.24, 2.45) is 0 Å². The van der Waals surface area contributed by atoms with Crippen LogP contribution < -0.4 is 0 Å². The van der Waals surface area contributed by atoms with Gasteiger partial charge in [0, 0.05) is 24.2 Å². The summed E-state index contributed by atoms with van der Waals surface area (Å²) in [6.07, 6.45) is 5.76. The molecule has 2 aromatic heterocycles. The summed E-state index contributed by atoms with van der Waals surface area (Å²) < 4.78 is 0. The van der Waals surface area contributed by atoms with E-state index in [1.807, 2.05) is 24.7 Å². The average Bonchev–Trinajstić information content (AvgIpc) is 2.69. The molecule has 0 bridgehead atoms. The topological polar surface area (TPSA) is 28.7 Å². The lowest BCUT2D eigenvalue weighted by Gasteiger charge is -2.21. The van der Waals surface area contributed by atoms with Gasteiger partial charge in [0.2, 0.25) is 0 Å². The number of aromatic amines is 1. The first-order chi connectivity index (χ1) is 7.09. The predicted octanol–water partition coefficient (Wildman–Crippen LogP) is 3.37. The van der Waals surface area contributed by atoms with Crippen molar-refractivity contribution in [1.82, 2.24) is 9.97 Å². The van der Waals surface area contributed by atoms with E-state index in [4.69, 9.17) is 0 Å². The van der Waals surface area contributed by atoms with Gasteiger partial charge in [0.05, 0.1) is 5.69 Å². The SMILES string of the molecule is CC(C)(C)c1cccnc1-c1cc[nH]c1. The van der Waals surface area contributed by atoms with Crippen molar-refractivity contribution in [3.8, 4) is 11.3 Å². The molecular weight excluding hydrogens is 184 g/mol. The zero-order chi connectivity index (χ0) is 10.9. The minimum Gasteiger partial charge on any atom is -0.367 e. The number of hydrogen-bond acceptors (Lipinski definition) is 1. The molecule has 2 nitrogen and oxygen atoms in total. The Labute approximate surface area is 90.4 Å². The van der Waals surface area contributed by atoms with Crippen molar-refractivity contribution in [2.45, 2.75) is 26.2 Å². The number of nitrogens with zero attached hydrogens (tertiary/aromatic N) is 1. The van der Waals surface area contributed by atoms with Crippen LogP contribution in [0.5, 0.6) is 0 Å². The Morgan fingerprint density at radius 3 is 2.60 bits per heavy atom. The van der Waals surface area contributed by atoms with Crippen LogP contribution in [-0.4, -0.2) is 9.97 Å². The van der Waals surface area contributed by atoms with Crippen LogP contribution in [0.1, 0.15) is 26.3 Å². The van der Waals surface area contributed by atoms with Crippen molar-refractivity contribution in [1.29, 1.82) is 0 Å². The van der Waals surface area contributed by atoms with Gasteiger partial charge in [-0.05, 0) is 23.1 Å². The molecule has 15 heavy (non-hydrogen) atoms. The molecule has 2 rings (SSSR count). The van der Waals surface area contributed by atoms with Crippen LogP contribution in [0.2, 0.25) is 0 Å². The fourth-order valence-electron chi connectivity index (χ4n) is 1.71. The van der Waals surface area contributed by atoms with E-state index in [0.29, 0.717) is 0 Å². The van der Waals surface area contributed by atoms with Gasteiger partial charge in [0.25, 0.3) is 0 Å². The second-order valence-electron chi connectivity index (χ2n) is 4.75. The van der Waals surface area contributed by atoms with Crippen LogP contribution in [0.3, 0.4) is 0 Å². The van der Waals surface area contributed by atoms with Crippen molar-refractivity contribution in [2.75, 3.05) is 0 Å². The fourth-order valence-corrected chi connectivity index (χ4v) is 1.71. The maximum absolute atomic E-state index is 4.47. The molecule has 0 spiro atoms. The number of pyridine rings is 1. The van der Waals surface area contributed by atoms with Crippen LogP contribution >= 0.6 is 0 Å². The first-order valence-electron chi connectivity index (χ1n) is 5.18. The monoisotopic (exact) mass is 200 g/mol. The largest absolute Gasteiger partial charge is 0.367 e. The number of aromatic nitrogens is 2. The third-order valence-electron chi connectivity index (χ3n) is 2.49. The molecule has 2 heteroatoms. The third kappa shape index (κ3) is 1.94. The van der Waals surface area contributed by atoms with Crippen molar-refractivity contribution >= 4 is 0 Å². The number of hydrogen-bond donors (Lipinski definition) is 1. The van der Waals surface area contributed by atoms with Crippen LogP contribution in [0, 0.1) is 0 Å². The van der Waals surface area contributed by atoms with E-state index in [-0.39, 0.29) is 5.41 Å². The quantitative estimate of drug-likeness (QED) is 0.751. The highest BCUT2D eigenvalue weighted by Crippen LogP contribution is 2.30. The van der Waals surface area contributed by atoms with Crippen LogP contribution in [0.4, 0.5) is 0 Å². The number of nitrogens with one attached hydrogen (secondary N) is 1. The Kier molecular flexibility index (Phi) is 2.35. The summed E-state index contributed by atoms with van der Waals surface area (Å²) in [5.74, 6) is 0. The maximum Gasteiger partial charge on any atom is 0.0754 e. The van der Waals surface area contributed by atoms with Gasteiger partial charge < -0.3 is 4.98 Å². The van der Waals surface area contributed by atoms with E-state index in [1.165, 1.54) is 5.56 Å². The Morgan fingerprint density at radius 1 is 1.20 bits per heavy atom. The van der Waals surface area contributed by atoms with E-state index in [2.05, 4.69) is 42.9 Å². The summed E-state index contributed by atoms with van der Waals surface area (Å²) in [6, 6.07) is 6.20. The lowest BCUT2D eigenvalue weighted by atomic mass is 9.85. The van der Waals surface area contributed by atoms with Crippen LogP contribution in [-0.2, 0) is 5.41 Å². The van der Waals surface area contributed by atoms with Crippen molar-refractivity contribution in [3.63, 3.8) is 0 Å². The molecule has 2 aromatic rings. The lowest BCUT2D eigenvalue weighted by Crippen LogP contribution is -2.13. The summed E-state index contributed by atoms with van der Waals surface area (Å²) >= 11 is 0. The molecule has 0 radical (unpaired) electrons. The van der Waals surface area contributed by atoms with Crippen molar-refractivity contribution < 1.29 is 0 Å². The summed E-state index contributed by atoms with van der Waals surface area (Å²) in [5, 5.41) is 0. The van der Waals surface area contributed by atoms with E-state index < -0.39 is 0 Å². The Hall–Kier alpha value is -1.57. The highest BCUT2D eigenvalue weighted by atomic mass is 14.7. The lowest BCUT2D eigenvalue weighted by molar-refractivity contribution is 0.589. The number of H-pyrrole nitrogens is 1. The molecule has 0 aliphatic heterocycles. The molecule has 0 aliphatic carbocycles. The van der Waals surface area contributed by atoms with Crippen LogP contribution in [0.25, 0.3) is 11.3 Å². The maximum atomic E-state index is 4.47. The van der Waals surface area contributed by atoms with Gasteiger partial charge in [-0.1, -0.05) is 26.8 Å². The van der Waals surface area contributed by atoms with E-state index in [1.54, 1.807) is 0 Å². The van der Waals surface area contributed by atoms with Gasteiger partial charge in [-0.2, -0.15) is 0 Å². The fraction of sp³-hybridized carbons (Fsp3) is 0.308. The van der Waals surface area contributed by atoms with Crippen molar-refractivity contribution in [3.05, 3.63) is 42.4 Å². The third-order valence-corrected chi connectivity index (χ3v) is 2.49. The molecule has 0 saturated carbocycles. The van der Waals surface area contributed by atoms with E-state index >= 15 is 0 Å². The summed E-state index contributed by atoms with van der Waals surface area (Å²) in [4.78, 5) is 7.53. The predicted molar refractivity (Wildman–Crippen MR) is 62.7 cm³/mol. The Bertz CT molecular complexity index is 436. The summed E-state index contributed by atoms with van der Waals surface area (Å²) in [7, 11) is 0. The zero-order valence-corrected chi connectivity index (χ0v) is 9.41. The van der Waals surface area contributed by atoms with Gasteiger partial charge in [0.15, 0.2) is 0 Å². The molecule has 78 valence electrons. The molecular formula is C13H16N2. The summed E-state index contributed by atoms with van der Waals surface area (Å²) in [6.45, 7) is 6.63. The molecule has 0 fully saturated rings. The highest BCUT2D eigenvalue weighted by molar-refractivity contribution is 5.63. The molecule has 0 amide bonds. The normalized spacial score (nSPS) is 11.7. The Morgan fingerprint density at radius 2 is 2.00 bits per heavy atom. The van der Waals surface area contributed by atoms with Gasteiger partial charge in [-0.15, -0.1) is 0 Å². The molecule has 0 saturated heterocycles. The second kappa shape index (κ2) is 3.54. The second-order valence-corrected chi connectivity index (χ2v) is 4.75. The zero-order valence-electron chi connectivity index (χ0n) is 9.41. The molecule has 2 heterocycles. The Balaban J connectivity index is 2.58. The van der Waals surface area contributed by atoms with Gasteiger partial charge >= 0.3 is 0 Å². The average molecular weight is 200 g/mol. The molecule has 0 atom stereocenters. The smallest absolute Gasteiger partial charge is 0.0754 e. The van der Waals surface area contributed by atoms with Gasteiger partial charge in [-0.25, -0.2) is 0 Å². The van der Waals surface area contributed by atoms with E-state index in [9.17, 15) is 0 Å². The van der Waals surface area contributed by atoms with Crippen LogP contribution in [0.15, 0.2) is 36.8 Å². The molecule has 0 unspecified atom stereocenters.